The van der Waals surface area contributed by atoms with Gasteiger partial charge in [-0.15, -0.1) is 0 Å². The van der Waals surface area contributed by atoms with Crippen molar-refractivity contribution in [3.05, 3.63) is 0 Å². The molecule has 0 saturated heterocycles. The largest absolute Gasteiger partial charge is 0.466 e. The lowest BCUT2D eigenvalue weighted by Gasteiger charge is -2.33. The molecule has 0 rings (SSSR count). The molecule has 0 amide bonds. The highest BCUT2D eigenvalue weighted by Crippen LogP contribution is 2.14. The van der Waals surface area contributed by atoms with Crippen LogP contribution in [-0.2, 0) is 38.1 Å². The first-order valence-electron chi connectivity index (χ1n) is 27.9. The molecule has 0 radical (unpaired) electrons. The van der Waals surface area contributed by atoms with Crippen molar-refractivity contribution in [1.29, 1.82) is 0 Å². The molecule has 0 aliphatic carbocycles. The number of hydrogen-bond acceptors (Lipinski definition) is 10. The van der Waals surface area contributed by atoms with E-state index in [1.54, 1.807) is 0 Å². The molecular formula is C55H106N2O8. The van der Waals surface area contributed by atoms with Gasteiger partial charge in [0.1, 0.15) is 0 Å². The van der Waals surface area contributed by atoms with Gasteiger partial charge < -0.3 is 23.8 Å². The summed E-state index contributed by atoms with van der Waals surface area (Å²) in [5.74, 6) is -0.896. The Hall–Kier alpha value is -2.20. The summed E-state index contributed by atoms with van der Waals surface area (Å²) < 4.78 is 22.6. The van der Waals surface area contributed by atoms with Crippen LogP contribution in [0, 0.1) is 0 Å². The molecule has 0 bridgehead atoms. The number of carbonyl (C=O) groups is 4. The van der Waals surface area contributed by atoms with Gasteiger partial charge in [-0.3, -0.25) is 24.1 Å². The van der Waals surface area contributed by atoms with E-state index in [-0.39, 0.29) is 55.6 Å². The molecule has 384 valence electrons. The van der Waals surface area contributed by atoms with Crippen LogP contribution in [0.15, 0.2) is 0 Å². The SMILES string of the molecule is CCCCCCCCCCOC(=O)CCN(CCC(=O)OCCCCCCCCCC)CC(C)N(CCC(=O)OCCCCCCCCCC)CCC(=O)OCCCCCCCCCC. The van der Waals surface area contributed by atoms with Crippen molar-refractivity contribution in [3.8, 4) is 0 Å². The topological polar surface area (TPSA) is 112 Å². The molecule has 0 aliphatic rings. The predicted molar refractivity (Wildman–Crippen MR) is 270 cm³/mol. The van der Waals surface area contributed by atoms with E-state index in [2.05, 4.69) is 44.4 Å². The Labute approximate surface area is 401 Å². The Morgan fingerprint density at radius 2 is 0.538 bits per heavy atom. The number of hydrogen-bond donors (Lipinski definition) is 0. The van der Waals surface area contributed by atoms with E-state index in [1.807, 2.05) is 0 Å². The molecule has 0 aliphatic heterocycles. The van der Waals surface area contributed by atoms with Crippen LogP contribution < -0.4 is 0 Å². The second-order valence-corrected chi connectivity index (χ2v) is 19.0. The van der Waals surface area contributed by atoms with Crippen LogP contribution in [0.4, 0.5) is 0 Å². The summed E-state index contributed by atoms with van der Waals surface area (Å²) in [4.78, 5) is 56.0. The second-order valence-electron chi connectivity index (χ2n) is 19.0. The zero-order chi connectivity index (χ0) is 47.7. The van der Waals surface area contributed by atoms with Crippen molar-refractivity contribution < 1.29 is 38.1 Å². The third kappa shape index (κ3) is 45.4. The maximum absolute atomic E-state index is 12.9. The quantitative estimate of drug-likeness (QED) is 0.0332. The minimum atomic E-state index is -0.224. The number of carbonyl (C=O) groups excluding carboxylic acids is 4. The molecule has 0 spiro atoms. The highest BCUT2D eigenvalue weighted by molar-refractivity contribution is 5.71. The Kier molecular flexibility index (Phi) is 48.0. The maximum Gasteiger partial charge on any atom is 0.307 e. The van der Waals surface area contributed by atoms with Crippen molar-refractivity contribution in [3.63, 3.8) is 0 Å². The number of unbranched alkanes of at least 4 members (excludes halogenated alkanes) is 28. The number of ether oxygens (including phenoxy) is 4. The van der Waals surface area contributed by atoms with Gasteiger partial charge >= 0.3 is 23.9 Å². The Balaban J connectivity index is 5.36. The summed E-state index contributed by atoms with van der Waals surface area (Å²) in [5, 5.41) is 0. The van der Waals surface area contributed by atoms with Crippen molar-refractivity contribution in [1.82, 2.24) is 9.80 Å². The lowest BCUT2D eigenvalue weighted by Crippen LogP contribution is -2.45. The molecule has 1 unspecified atom stereocenters. The maximum atomic E-state index is 12.9. The van der Waals surface area contributed by atoms with Gasteiger partial charge in [0.2, 0.25) is 0 Å². The molecule has 0 saturated carbocycles. The van der Waals surface area contributed by atoms with Gasteiger partial charge in [-0.25, -0.2) is 0 Å². The first-order valence-corrected chi connectivity index (χ1v) is 27.9. The van der Waals surface area contributed by atoms with Crippen LogP contribution >= 0.6 is 0 Å². The van der Waals surface area contributed by atoms with E-state index in [0.29, 0.717) is 59.2 Å². The first-order chi connectivity index (χ1) is 31.8. The van der Waals surface area contributed by atoms with E-state index < -0.39 is 0 Å². The van der Waals surface area contributed by atoms with Gasteiger partial charge in [0.05, 0.1) is 52.1 Å². The van der Waals surface area contributed by atoms with Crippen molar-refractivity contribution in [2.45, 2.75) is 272 Å². The van der Waals surface area contributed by atoms with Crippen LogP contribution in [0.25, 0.3) is 0 Å². The average molecular weight is 923 g/mol. The van der Waals surface area contributed by atoms with Crippen LogP contribution in [0.2, 0.25) is 0 Å². The van der Waals surface area contributed by atoms with Gasteiger partial charge in [-0.2, -0.15) is 0 Å². The van der Waals surface area contributed by atoms with E-state index >= 15 is 0 Å². The summed E-state index contributed by atoms with van der Waals surface area (Å²) in [6, 6.07) is -0.0716. The van der Waals surface area contributed by atoms with E-state index in [9.17, 15) is 19.2 Å². The van der Waals surface area contributed by atoms with E-state index in [4.69, 9.17) is 18.9 Å². The van der Waals surface area contributed by atoms with Gasteiger partial charge in [-0.05, 0) is 32.6 Å². The van der Waals surface area contributed by atoms with Gasteiger partial charge in [-0.1, -0.05) is 207 Å². The van der Waals surface area contributed by atoms with Crippen LogP contribution in [-0.4, -0.2) is 98.9 Å². The Morgan fingerprint density at radius 1 is 0.323 bits per heavy atom. The molecule has 0 aromatic heterocycles. The third-order valence-corrected chi connectivity index (χ3v) is 12.7. The molecule has 1 atom stereocenters. The van der Waals surface area contributed by atoms with Crippen molar-refractivity contribution in [2.75, 3.05) is 59.2 Å². The third-order valence-electron chi connectivity index (χ3n) is 12.7. The lowest BCUT2D eigenvalue weighted by atomic mass is 10.1. The minimum Gasteiger partial charge on any atom is -0.466 e. The fourth-order valence-corrected chi connectivity index (χ4v) is 8.28. The standard InChI is InChI=1S/C55H106N2O8/c1-6-10-14-18-22-26-30-34-46-62-52(58)38-42-56(43-39-53(59)63-47-35-31-27-23-19-15-11-7-2)50-51(5)57(44-40-54(60)64-48-36-32-28-24-20-16-12-8-3)45-41-55(61)65-49-37-33-29-25-21-17-13-9-4/h51H,6-50H2,1-5H3. The van der Waals surface area contributed by atoms with Crippen molar-refractivity contribution >= 4 is 23.9 Å². The average Bonchev–Trinajstić information content (AvgIpc) is 3.30. The number of nitrogens with zero attached hydrogens (tertiary/aromatic N) is 2. The smallest absolute Gasteiger partial charge is 0.307 e. The molecule has 0 aromatic rings. The molecule has 0 N–H and O–H groups in total. The molecule has 65 heavy (non-hydrogen) atoms. The minimum absolute atomic E-state index is 0.0716. The zero-order valence-corrected chi connectivity index (χ0v) is 43.6. The van der Waals surface area contributed by atoms with Crippen LogP contribution in [0.3, 0.4) is 0 Å². The fraction of sp³-hybridized carbons (Fsp3) is 0.927. The van der Waals surface area contributed by atoms with E-state index in [1.165, 1.54) is 154 Å². The molecule has 0 aromatic carbocycles. The van der Waals surface area contributed by atoms with Crippen LogP contribution in [0.5, 0.6) is 0 Å². The molecule has 0 fully saturated rings. The number of rotatable bonds is 51. The van der Waals surface area contributed by atoms with E-state index in [0.717, 1.165) is 51.4 Å². The summed E-state index contributed by atoms with van der Waals surface area (Å²) in [6.45, 7) is 15.1. The van der Waals surface area contributed by atoms with Crippen molar-refractivity contribution in [2.24, 2.45) is 0 Å². The zero-order valence-electron chi connectivity index (χ0n) is 43.6. The molecule has 10 nitrogen and oxygen atoms in total. The number of esters is 4. The highest BCUT2D eigenvalue weighted by atomic mass is 16.5. The normalized spacial score (nSPS) is 11.9. The molecule has 0 heterocycles. The lowest BCUT2D eigenvalue weighted by molar-refractivity contribution is -0.146. The van der Waals surface area contributed by atoms with Crippen LogP contribution in [0.1, 0.15) is 266 Å². The Morgan fingerprint density at radius 3 is 0.785 bits per heavy atom. The van der Waals surface area contributed by atoms with Gasteiger partial charge in [0.15, 0.2) is 0 Å². The van der Waals surface area contributed by atoms with Gasteiger partial charge in [0, 0.05) is 38.8 Å². The van der Waals surface area contributed by atoms with Gasteiger partial charge in [0.25, 0.3) is 0 Å². The summed E-state index contributed by atoms with van der Waals surface area (Å²) in [7, 11) is 0. The molecule has 10 heteroatoms. The predicted octanol–water partition coefficient (Wildman–Crippen LogP) is 14.3. The summed E-state index contributed by atoms with van der Waals surface area (Å²) in [5.41, 5.74) is 0. The Bertz CT molecular complexity index is 998. The first kappa shape index (κ1) is 62.8. The monoisotopic (exact) mass is 923 g/mol. The summed E-state index contributed by atoms with van der Waals surface area (Å²) in [6.07, 6.45) is 38.8. The highest BCUT2D eigenvalue weighted by Gasteiger charge is 2.22. The fourth-order valence-electron chi connectivity index (χ4n) is 8.28. The summed E-state index contributed by atoms with van der Waals surface area (Å²) >= 11 is 0. The molecular weight excluding hydrogens is 817 g/mol. The second kappa shape index (κ2) is 49.7.